The zero-order chi connectivity index (χ0) is 20.8. The van der Waals surface area contributed by atoms with Crippen molar-refractivity contribution in [2.45, 2.75) is 13.8 Å². The highest BCUT2D eigenvalue weighted by Gasteiger charge is 2.09. The minimum atomic E-state index is -0.280. The maximum absolute atomic E-state index is 13.1. The molecule has 1 heterocycles. The topological polar surface area (TPSA) is 58.2 Å². The number of hydrogen-bond acceptors (Lipinski definition) is 3. The fraction of sp³-hybridized carbons (Fsp3) is 0.130. The third-order valence-corrected chi connectivity index (χ3v) is 5.35. The van der Waals surface area contributed by atoms with Crippen LogP contribution in [0, 0.1) is 12.7 Å². The number of carbonyl (C=O) groups excluding carboxylic acids is 2. The number of anilines is 1. The summed E-state index contributed by atoms with van der Waals surface area (Å²) in [6.07, 6.45) is 3.19. The third kappa shape index (κ3) is 5.39. The quantitative estimate of drug-likeness (QED) is 0.546. The molecule has 0 aliphatic carbocycles. The standard InChI is InChI=1S/C23H21FN2O2S/c1-3-25-23(28)17-5-4-15(2)20(14-17)26-22(27)13-11-19-10-12-21(29-19)16-6-8-18(24)9-7-16/h4-14H,3H2,1-2H3,(H,25,28)(H,26,27)/b13-11+. The van der Waals surface area contributed by atoms with Crippen LogP contribution in [-0.2, 0) is 4.79 Å². The van der Waals surface area contributed by atoms with Crippen molar-refractivity contribution in [3.8, 4) is 10.4 Å². The Balaban J connectivity index is 1.68. The Bertz CT molecular complexity index is 1050. The van der Waals surface area contributed by atoms with Crippen molar-refractivity contribution in [1.29, 1.82) is 0 Å². The first kappa shape index (κ1) is 20.5. The van der Waals surface area contributed by atoms with Gasteiger partial charge in [-0.15, -0.1) is 11.3 Å². The second kappa shape index (κ2) is 9.30. The molecule has 0 aliphatic rings. The normalized spacial score (nSPS) is 10.9. The Labute approximate surface area is 173 Å². The van der Waals surface area contributed by atoms with E-state index in [1.165, 1.54) is 29.5 Å². The molecule has 29 heavy (non-hydrogen) atoms. The van der Waals surface area contributed by atoms with Gasteiger partial charge in [0.15, 0.2) is 0 Å². The second-order valence-corrected chi connectivity index (χ2v) is 7.54. The Kier molecular flexibility index (Phi) is 6.57. The molecular weight excluding hydrogens is 387 g/mol. The van der Waals surface area contributed by atoms with Crippen LogP contribution in [0.25, 0.3) is 16.5 Å². The van der Waals surface area contributed by atoms with E-state index in [4.69, 9.17) is 0 Å². The van der Waals surface area contributed by atoms with E-state index in [-0.39, 0.29) is 17.6 Å². The zero-order valence-corrected chi connectivity index (χ0v) is 17.0. The zero-order valence-electron chi connectivity index (χ0n) is 16.2. The van der Waals surface area contributed by atoms with Crippen molar-refractivity contribution in [3.05, 3.63) is 82.5 Å². The molecule has 148 valence electrons. The number of nitrogens with one attached hydrogen (secondary N) is 2. The van der Waals surface area contributed by atoms with E-state index < -0.39 is 0 Å². The molecule has 1 aromatic heterocycles. The van der Waals surface area contributed by atoms with Crippen molar-refractivity contribution in [3.63, 3.8) is 0 Å². The first-order chi connectivity index (χ1) is 14.0. The van der Waals surface area contributed by atoms with Gasteiger partial charge in [0.2, 0.25) is 5.91 Å². The summed E-state index contributed by atoms with van der Waals surface area (Å²) in [5.41, 5.74) is 2.90. The molecule has 3 rings (SSSR count). The van der Waals surface area contributed by atoms with Crippen molar-refractivity contribution >= 4 is 34.9 Å². The fourth-order valence-electron chi connectivity index (χ4n) is 2.70. The molecule has 2 N–H and O–H groups in total. The van der Waals surface area contributed by atoms with Gasteiger partial charge in [0.25, 0.3) is 5.91 Å². The van der Waals surface area contributed by atoms with E-state index in [2.05, 4.69) is 10.6 Å². The molecule has 0 fully saturated rings. The van der Waals surface area contributed by atoms with Crippen LogP contribution < -0.4 is 10.6 Å². The van der Waals surface area contributed by atoms with Crippen LogP contribution in [0.2, 0.25) is 0 Å². The highest BCUT2D eigenvalue weighted by Crippen LogP contribution is 2.29. The molecule has 0 unspecified atom stereocenters. The summed E-state index contributed by atoms with van der Waals surface area (Å²) in [4.78, 5) is 26.2. The molecule has 3 aromatic rings. The first-order valence-corrected chi connectivity index (χ1v) is 10.0. The van der Waals surface area contributed by atoms with Gasteiger partial charge in [0.1, 0.15) is 5.82 Å². The maximum atomic E-state index is 13.1. The average molecular weight is 408 g/mol. The van der Waals surface area contributed by atoms with Crippen LogP contribution in [0.15, 0.2) is 60.7 Å². The minimum Gasteiger partial charge on any atom is -0.352 e. The number of halogens is 1. The van der Waals surface area contributed by atoms with E-state index in [0.717, 1.165) is 20.9 Å². The number of aryl methyl sites for hydroxylation is 1. The summed E-state index contributed by atoms with van der Waals surface area (Å²) < 4.78 is 13.1. The Hall–Kier alpha value is -3.25. The lowest BCUT2D eigenvalue weighted by Crippen LogP contribution is -2.23. The predicted molar refractivity (Wildman–Crippen MR) is 117 cm³/mol. The predicted octanol–water partition coefficient (Wildman–Crippen LogP) is 5.26. The SMILES string of the molecule is CCNC(=O)c1ccc(C)c(NC(=O)/C=C/c2ccc(-c3ccc(F)cc3)s2)c1. The molecule has 0 bridgehead atoms. The Morgan fingerprint density at radius 3 is 2.55 bits per heavy atom. The lowest BCUT2D eigenvalue weighted by molar-refractivity contribution is -0.111. The Morgan fingerprint density at radius 2 is 1.83 bits per heavy atom. The van der Waals surface area contributed by atoms with Crippen LogP contribution in [0.3, 0.4) is 0 Å². The number of hydrogen-bond donors (Lipinski definition) is 2. The van der Waals surface area contributed by atoms with E-state index in [1.807, 2.05) is 26.0 Å². The number of amides is 2. The molecule has 0 saturated carbocycles. The van der Waals surface area contributed by atoms with Crippen LogP contribution in [0.4, 0.5) is 10.1 Å². The molecular formula is C23H21FN2O2S. The highest BCUT2D eigenvalue weighted by atomic mass is 32.1. The summed E-state index contributed by atoms with van der Waals surface area (Å²) in [7, 11) is 0. The Morgan fingerprint density at radius 1 is 1.07 bits per heavy atom. The van der Waals surface area contributed by atoms with Crippen LogP contribution in [0.1, 0.15) is 27.7 Å². The summed E-state index contributed by atoms with van der Waals surface area (Å²) >= 11 is 1.51. The van der Waals surface area contributed by atoms with Gasteiger partial charge in [-0.2, -0.15) is 0 Å². The van der Waals surface area contributed by atoms with Gasteiger partial charge in [-0.25, -0.2) is 4.39 Å². The maximum Gasteiger partial charge on any atom is 0.251 e. The molecule has 0 atom stereocenters. The molecule has 2 aromatic carbocycles. The van der Waals surface area contributed by atoms with E-state index >= 15 is 0 Å². The van der Waals surface area contributed by atoms with Gasteiger partial charge in [0, 0.05) is 33.6 Å². The fourth-order valence-corrected chi connectivity index (χ4v) is 3.62. The summed E-state index contributed by atoms with van der Waals surface area (Å²) in [6.45, 7) is 4.26. The van der Waals surface area contributed by atoms with Gasteiger partial charge in [-0.3, -0.25) is 9.59 Å². The molecule has 0 saturated heterocycles. The lowest BCUT2D eigenvalue weighted by Gasteiger charge is -2.09. The number of rotatable bonds is 6. The molecule has 0 spiro atoms. The van der Waals surface area contributed by atoms with Crippen molar-refractivity contribution in [2.24, 2.45) is 0 Å². The second-order valence-electron chi connectivity index (χ2n) is 6.42. The largest absolute Gasteiger partial charge is 0.352 e. The number of carbonyl (C=O) groups is 2. The first-order valence-electron chi connectivity index (χ1n) is 9.20. The van der Waals surface area contributed by atoms with Gasteiger partial charge in [0.05, 0.1) is 0 Å². The monoisotopic (exact) mass is 408 g/mol. The molecule has 0 radical (unpaired) electrons. The molecule has 6 heteroatoms. The van der Waals surface area contributed by atoms with E-state index in [0.29, 0.717) is 17.8 Å². The summed E-state index contributed by atoms with van der Waals surface area (Å²) in [5, 5.41) is 5.56. The van der Waals surface area contributed by atoms with E-state index in [9.17, 15) is 14.0 Å². The van der Waals surface area contributed by atoms with Crippen molar-refractivity contribution in [1.82, 2.24) is 5.32 Å². The van der Waals surface area contributed by atoms with E-state index in [1.54, 1.807) is 36.4 Å². The van der Waals surface area contributed by atoms with Gasteiger partial charge in [-0.1, -0.05) is 18.2 Å². The average Bonchev–Trinajstić information content (AvgIpc) is 3.18. The highest BCUT2D eigenvalue weighted by molar-refractivity contribution is 7.16. The summed E-state index contributed by atoms with van der Waals surface area (Å²) in [5.74, 6) is -0.725. The van der Waals surface area contributed by atoms with Crippen LogP contribution in [0.5, 0.6) is 0 Å². The summed E-state index contributed by atoms with van der Waals surface area (Å²) in [6, 6.07) is 15.4. The van der Waals surface area contributed by atoms with Crippen molar-refractivity contribution in [2.75, 3.05) is 11.9 Å². The smallest absolute Gasteiger partial charge is 0.251 e. The molecule has 2 amide bonds. The van der Waals surface area contributed by atoms with Crippen LogP contribution in [-0.4, -0.2) is 18.4 Å². The molecule has 0 aliphatic heterocycles. The third-order valence-electron chi connectivity index (χ3n) is 4.25. The van der Waals surface area contributed by atoms with Crippen molar-refractivity contribution < 1.29 is 14.0 Å². The lowest BCUT2D eigenvalue weighted by atomic mass is 10.1. The van der Waals surface area contributed by atoms with Gasteiger partial charge < -0.3 is 10.6 Å². The number of thiophene rings is 1. The molecule has 4 nitrogen and oxygen atoms in total. The van der Waals surface area contributed by atoms with Gasteiger partial charge >= 0.3 is 0 Å². The van der Waals surface area contributed by atoms with Gasteiger partial charge in [-0.05, 0) is 67.4 Å². The van der Waals surface area contributed by atoms with Crippen LogP contribution >= 0.6 is 11.3 Å². The minimum absolute atomic E-state index is 0.176. The number of benzene rings is 2.